The number of nitrogens with zero attached hydrogens (tertiary/aromatic N) is 2. The Morgan fingerprint density at radius 1 is 1.06 bits per heavy atom. The van der Waals surface area contributed by atoms with Crippen LogP contribution in [0.4, 0.5) is 11.5 Å². The van der Waals surface area contributed by atoms with Gasteiger partial charge in [0.25, 0.3) is 15.9 Å². The third-order valence-electron chi connectivity index (χ3n) is 4.86. The second-order valence-electron chi connectivity index (χ2n) is 7.58. The number of hydrogen-bond acceptors (Lipinski definition) is 6. The lowest BCUT2D eigenvalue weighted by Gasteiger charge is -2.18. The molecule has 0 aliphatic rings. The molecule has 1 aromatic heterocycles. The Morgan fingerprint density at radius 2 is 1.79 bits per heavy atom. The fourth-order valence-electron chi connectivity index (χ4n) is 2.95. The van der Waals surface area contributed by atoms with Gasteiger partial charge in [-0.3, -0.25) is 14.3 Å². The lowest BCUT2D eigenvalue weighted by atomic mass is 10.1. The van der Waals surface area contributed by atoms with E-state index in [2.05, 4.69) is 15.2 Å². The van der Waals surface area contributed by atoms with Crippen LogP contribution >= 0.6 is 11.6 Å². The number of sulfonamides is 1. The number of rotatable bonds is 7. The molecule has 0 saturated heterocycles. The number of aryl methyl sites for hydroxylation is 3. The van der Waals surface area contributed by atoms with E-state index in [9.17, 15) is 18.0 Å². The summed E-state index contributed by atoms with van der Waals surface area (Å²) in [6.07, 6.45) is 0. The molecule has 0 bridgehead atoms. The van der Waals surface area contributed by atoms with Crippen molar-refractivity contribution in [3.05, 3.63) is 69.9 Å². The van der Waals surface area contributed by atoms with Gasteiger partial charge in [-0.2, -0.15) is 0 Å². The SMILES string of the molecule is Cc1cc(NC(=O)CN(C)C(=O)c2cc(S(=O)(=O)Nc3ccc(C)c(C)c3)ccc2Cl)no1. The van der Waals surface area contributed by atoms with E-state index in [-0.39, 0.29) is 27.8 Å². The van der Waals surface area contributed by atoms with E-state index < -0.39 is 21.8 Å². The first-order chi connectivity index (χ1) is 15.5. The van der Waals surface area contributed by atoms with Crippen molar-refractivity contribution < 1.29 is 22.5 Å². The maximum atomic E-state index is 12.9. The molecule has 2 N–H and O–H groups in total. The molecule has 9 nitrogen and oxygen atoms in total. The highest BCUT2D eigenvalue weighted by Gasteiger charge is 2.22. The van der Waals surface area contributed by atoms with Crippen molar-refractivity contribution in [1.29, 1.82) is 0 Å². The number of nitrogens with one attached hydrogen (secondary N) is 2. The maximum absolute atomic E-state index is 12.9. The van der Waals surface area contributed by atoms with E-state index >= 15 is 0 Å². The number of benzene rings is 2. The number of amides is 2. The first-order valence-corrected chi connectivity index (χ1v) is 11.7. The maximum Gasteiger partial charge on any atom is 0.261 e. The Labute approximate surface area is 196 Å². The molecule has 33 heavy (non-hydrogen) atoms. The van der Waals surface area contributed by atoms with E-state index in [1.807, 2.05) is 19.9 Å². The van der Waals surface area contributed by atoms with Crippen LogP contribution in [-0.4, -0.2) is 43.9 Å². The smallest absolute Gasteiger partial charge is 0.261 e. The van der Waals surface area contributed by atoms with Gasteiger partial charge in [-0.05, 0) is 62.2 Å². The minimum Gasteiger partial charge on any atom is -0.360 e. The van der Waals surface area contributed by atoms with Crippen LogP contribution in [0.2, 0.25) is 5.02 Å². The molecule has 0 saturated carbocycles. The van der Waals surface area contributed by atoms with Crippen molar-refractivity contribution in [3.8, 4) is 0 Å². The van der Waals surface area contributed by atoms with Gasteiger partial charge in [0.05, 0.1) is 22.0 Å². The second-order valence-corrected chi connectivity index (χ2v) is 9.67. The summed E-state index contributed by atoms with van der Waals surface area (Å²) >= 11 is 6.17. The van der Waals surface area contributed by atoms with Gasteiger partial charge in [-0.25, -0.2) is 8.42 Å². The van der Waals surface area contributed by atoms with Crippen LogP contribution in [0.5, 0.6) is 0 Å². The minimum absolute atomic E-state index is 0.0489. The molecule has 0 unspecified atom stereocenters. The first kappa shape index (κ1) is 24.3. The number of hydrogen-bond donors (Lipinski definition) is 2. The minimum atomic E-state index is -3.98. The van der Waals surface area contributed by atoms with Gasteiger partial charge in [0, 0.05) is 18.8 Å². The van der Waals surface area contributed by atoms with Gasteiger partial charge in [0.2, 0.25) is 5.91 Å². The monoisotopic (exact) mass is 490 g/mol. The third kappa shape index (κ3) is 5.91. The lowest BCUT2D eigenvalue weighted by molar-refractivity contribution is -0.116. The zero-order chi connectivity index (χ0) is 24.3. The third-order valence-corrected chi connectivity index (χ3v) is 6.57. The van der Waals surface area contributed by atoms with Gasteiger partial charge in [0.15, 0.2) is 5.82 Å². The molecule has 11 heteroatoms. The topological polar surface area (TPSA) is 122 Å². The predicted octanol–water partition coefficient (Wildman–Crippen LogP) is 3.76. The van der Waals surface area contributed by atoms with E-state index in [0.29, 0.717) is 11.4 Å². The Bertz CT molecular complexity index is 1320. The van der Waals surface area contributed by atoms with Gasteiger partial charge >= 0.3 is 0 Å². The molecule has 2 aromatic carbocycles. The summed E-state index contributed by atoms with van der Waals surface area (Å²) in [6, 6.07) is 10.5. The van der Waals surface area contributed by atoms with Gasteiger partial charge in [-0.1, -0.05) is 22.8 Å². The Morgan fingerprint density at radius 3 is 2.42 bits per heavy atom. The molecule has 2 amide bonds. The zero-order valence-electron chi connectivity index (χ0n) is 18.5. The lowest BCUT2D eigenvalue weighted by Crippen LogP contribution is -2.35. The quantitative estimate of drug-likeness (QED) is 0.520. The van der Waals surface area contributed by atoms with E-state index in [0.717, 1.165) is 16.0 Å². The average Bonchev–Trinajstić information content (AvgIpc) is 3.14. The van der Waals surface area contributed by atoms with Crippen LogP contribution in [0.15, 0.2) is 51.9 Å². The van der Waals surface area contributed by atoms with Gasteiger partial charge in [-0.15, -0.1) is 0 Å². The van der Waals surface area contributed by atoms with Gasteiger partial charge in [0.1, 0.15) is 5.76 Å². The van der Waals surface area contributed by atoms with Crippen molar-refractivity contribution >= 4 is 44.9 Å². The number of halogens is 1. The van der Waals surface area contributed by atoms with Crippen LogP contribution in [0.25, 0.3) is 0 Å². The highest BCUT2D eigenvalue weighted by Crippen LogP contribution is 2.24. The second kappa shape index (κ2) is 9.63. The van der Waals surface area contributed by atoms with Crippen LogP contribution in [0, 0.1) is 20.8 Å². The number of anilines is 2. The molecule has 0 spiro atoms. The predicted molar refractivity (Wildman–Crippen MR) is 125 cm³/mol. The zero-order valence-corrected chi connectivity index (χ0v) is 20.0. The van der Waals surface area contributed by atoms with E-state index in [4.69, 9.17) is 16.1 Å². The van der Waals surface area contributed by atoms with Crippen molar-refractivity contribution in [3.63, 3.8) is 0 Å². The summed E-state index contributed by atoms with van der Waals surface area (Å²) in [5.41, 5.74) is 2.32. The van der Waals surface area contributed by atoms with Crippen molar-refractivity contribution in [2.75, 3.05) is 23.6 Å². The molecular weight excluding hydrogens is 468 g/mol. The molecule has 3 aromatic rings. The molecule has 0 aliphatic carbocycles. The molecule has 174 valence electrons. The van der Waals surface area contributed by atoms with Crippen molar-refractivity contribution in [2.45, 2.75) is 25.7 Å². The number of likely N-dealkylation sites (N-methyl/N-ethyl adjacent to an activating group) is 1. The normalized spacial score (nSPS) is 11.2. The van der Waals surface area contributed by atoms with Crippen LogP contribution in [0.1, 0.15) is 27.2 Å². The summed E-state index contributed by atoms with van der Waals surface area (Å²) in [5, 5.41) is 6.23. The van der Waals surface area contributed by atoms with E-state index in [1.54, 1.807) is 19.1 Å². The highest BCUT2D eigenvalue weighted by molar-refractivity contribution is 7.92. The Kier molecular flexibility index (Phi) is 7.09. The van der Waals surface area contributed by atoms with Gasteiger partial charge < -0.3 is 14.7 Å². The van der Waals surface area contributed by atoms with Crippen LogP contribution in [-0.2, 0) is 14.8 Å². The summed E-state index contributed by atoms with van der Waals surface area (Å²) in [6.45, 7) is 5.17. The average molecular weight is 491 g/mol. The summed E-state index contributed by atoms with van der Waals surface area (Å²) in [7, 11) is -2.58. The molecule has 1 heterocycles. The van der Waals surface area contributed by atoms with E-state index in [1.165, 1.54) is 31.3 Å². The molecular formula is C22H23ClN4O5S. The number of aromatic nitrogens is 1. The highest BCUT2D eigenvalue weighted by atomic mass is 35.5. The molecule has 0 fully saturated rings. The number of carbonyl (C=O) groups excluding carboxylic acids is 2. The summed E-state index contributed by atoms with van der Waals surface area (Å²) < 4.78 is 33.1. The fraction of sp³-hybridized carbons (Fsp3) is 0.227. The standard InChI is InChI=1S/C22H23ClN4O5S/c1-13-5-6-16(9-14(13)2)26-33(30,31)17-7-8-19(23)18(11-17)22(29)27(4)12-21(28)24-20-10-15(3)32-25-20/h5-11,26H,12H2,1-4H3,(H,24,25,28). The van der Waals surface area contributed by atoms with Crippen LogP contribution in [0.3, 0.4) is 0 Å². The first-order valence-electron chi connectivity index (χ1n) is 9.84. The number of carbonyl (C=O) groups is 2. The summed E-state index contributed by atoms with van der Waals surface area (Å²) in [5.74, 6) is -0.374. The molecule has 0 aliphatic heterocycles. The van der Waals surface area contributed by atoms with Crippen molar-refractivity contribution in [1.82, 2.24) is 10.1 Å². The molecule has 3 rings (SSSR count). The van der Waals surface area contributed by atoms with Crippen molar-refractivity contribution in [2.24, 2.45) is 0 Å². The molecule has 0 radical (unpaired) electrons. The fourth-order valence-corrected chi connectivity index (χ4v) is 4.23. The molecule has 0 atom stereocenters. The Hall–Kier alpha value is -3.37. The Balaban J connectivity index is 1.77. The summed E-state index contributed by atoms with van der Waals surface area (Å²) in [4.78, 5) is 26.1. The van der Waals surface area contributed by atoms with Crippen LogP contribution < -0.4 is 10.0 Å². The largest absolute Gasteiger partial charge is 0.360 e.